The zero-order valence-corrected chi connectivity index (χ0v) is 41.6. The molecular weight excluding hydrogens is 833 g/mol. The van der Waals surface area contributed by atoms with E-state index in [0.29, 0.717) is 22.8 Å². The van der Waals surface area contributed by atoms with E-state index in [9.17, 15) is 0 Å². The number of rotatable bonds is 8. The zero-order valence-electron chi connectivity index (χ0n) is 41.6. The molecule has 0 radical (unpaired) electrons. The van der Waals surface area contributed by atoms with Crippen molar-refractivity contribution in [1.82, 2.24) is 9.80 Å². The fourth-order valence-electron chi connectivity index (χ4n) is 11.8. The highest BCUT2D eigenvalue weighted by atomic mass is 16.2. The Balaban J connectivity index is 1.30. The second-order valence-electron chi connectivity index (χ2n) is 19.6. The molecule has 0 saturated heterocycles. The van der Waals surface area contributed by atoms with E-state index in [4.69, 9.17) is 9.98 Å². The maximum atomic E-state index is 15.5. The SMILES string of the molecule is Cc1cc(C)c(C2[C@H](c3c(C)cc(C)cc3C)N=C(c3cccc(C4=N[C@@H](c5c(C)cc(C)cc5C)C(c5c(C)cc(C)cc5C)N4C(=O)c4ccccc4)c3)N2C(=O)c2ccccc2)c(C)c1. The van der Waals surface area contributed by atoms with Crippen LogP contribution < -0.4 is 0 Å². The van der Waals surface area contributed by atoms with Crippen LogP contribution in [0, 0.1) is 83.1 Å². The first-order valence-electron chi connectivity index (χ1n) is 23.9. The van der Waals surface area contributed by atoms with Crippen LogP contribution in [0.3, 0.4) is 0 Å². The number of nitrogens with zero attached hydrogens (tertiary/aromatic N) is 4. The molecule has 6 heteroatoms. The van der Waals surface area contributed by atoms with E-state index in [1.54, 1.807) is 0 Å². The van der Waals surface area contributed by atoms with Gasteiger partial charge < -0.3 is 0 Å². The summed E-state index contributed by atoms with van der Waals surface area (Å²) in [6.07, 6.45) is 0. The molecule has 0 aliphatic carbocycles. The highest BCUT2D eigenvalue weighted by molar-refractivity contribution is 6.17. The summed E-state index contributed by atoms with van der Waals surface area (Å²) in [6.45, 7) is 25.8. The van der Waals surface area contributed by atoms with Crippen molar-refractivity contribution >= 4 is 23.5 Å². The summed E-state index contributed by atoms with van der Waals surface area (Å²) in [6, 6.07) is 43.4. The van der Waals surface area contributed by atoms with Gasteiger partial charge in [-0.25, -0.2) is 0 Å². The first-order valence-corrected chi connectivity index (χ1v) is 23.9. The van der Waals surface area contributed by atoms with Crippen LogP contribution in [0.25, 0.3) is 0 Å². The van der Waals surface area contributed by atoms with Crippen LogP contribution in [-0.4, -0.2) is 33.3 Å². The molecule has 6 nitrogen and oxygen atoms in total. The lowest BCUT2D eigenvalue weighted by atomic mass is 9.83. The third-order valence-corrected chi connectivity index (χ3v) is 14.1. The van der Waals surface area contributed by atoms with Gasteiger partial charge in [-0.3, -0.25) is 29.4 Å². The molecule has 9 rings (SSSR count). The maximum absolute atomic E-state index is 15.5. The molecular formula is C62H62N4O2. The third kappa shape index (κ3) is 8.20. The molecule has 2 heterocycles. The molecule has 7 aromatic rings. The van der Waals surface area contributed by atoms with Gasteiger partial charge in [-0.15, -0.1) is 0 Å². The number of benzene rings is 7. The lowest BCUT2D eigenvalue weighted by molar-refractivity contribution is 0.0796. The summed E-state index contributed by atoms with van der Waals surface area (Å²) < 4.78 is 0. The second-order valence-corrected chi connectivity index (χ2v) is 19.6. The van der Waals surface area contributed by atoms with Gasteiger partial charge in [0, 0.05) is 22.3 Å². The Morgan fingerprint density at radius 1 is 0.353 bits per heavy atom. The fraction of sp³-hybridized carbons (Fsp3) is 0.258. The van der Waals surface area contributed by atoms with E-state index >= 15 is 9.59 Å². The Morgan fingerprint density at radius 2 is 0.632 bits per heavy atom. The van der Waals surface area contributed by atoms with Crippen molar-refractivity contribution in [2.24, 2.45) is 9.98 Å². The molecule has 4 atom stereocenters. The Labute approximate surface area is 403 Å². The van der Waals surface area contributed by atoms with Crippen molar-refractivity contribution in [3.05, 3.63) is 245 Å². The van der Waals surface area contributed by atoms with Crippen LogP contribution in [0.1, 0.15) is 145 Å². The van der Waals surface area contributed by atoms with Crippen molar-refractivity contribution in [1.29, 1.82) is 0 Å². The topological polar surface area (TPSA) is 65.3 Å². The molecule has 342 valence electrons. The molecule has 0 bridgehead atoms. The minimum absolute atomic E-state index is 0.126. The van der Waals surface area contributed by atoms with Gasteiger partial charge in [-0.1, -0.05) is 125 Å². The molecule has 2 aliphatic heterocycles. The van der Waals surface area contributed by atoms with Gasteiger partial charge in [0.25, 0.3) is 11.8 Å². The average molecular weight is 895 g/mol. The van der Waals surface area contributed by atoms with E-state index in [1.165, 1.54) is 22.3 Å². The number of aryl methyl sites for hydroxylation is 12. The van der Waals surface area contributed by atoms with Crippen LogP contribution >= 0.6 is 0 Å². The monoisotopic (exact) mass is 894 g/mol. The lowest BCUT2D eigenvalue weighted by Gasteiger charge is -2.33. The van der Waals surface area contributed by atoms with Gasteiger partial charge in [-0.2, -0.15) is 0 Å². The van der Waals surface area contributed by atoms with Crippen LogP contribution in [0.5, 0.6) is 0 Å². The quantitative estimate of drug-likeness (QED) is 0.153. The molecule has 2 unspecified atom stereocenters. The predicted molar refractivity (Wildman–Crippen MR) is 278 cm³/mol. The van der Waals surface area contributed by atoms with Crippen molar-refractivity contribution < 1.29 is 9.59 Å². The van der Waals surface area contributed by atoms with Gasteiger partial charge in [0.15, 0.2) is 0 Å². The first-order chi connectivity index (χ1) is 32.5. The number of aliphatic imine (C=N–C) groups is 2. The smallest absolute Gasteiger partial charge is 0.260 e. The highest BCUT2D eigenvalue weighted by Crippen LogP contribution is 2.50. The van der Waals surface area contributed by atoms with E-state index in [2.05, 4.69) is 138 Å². The van der Waals surface area contributed by atoms with Crippen LogP contribution in [-0.2, 0) is 0 Å². The summed E-state index contributed by atoms with van der Waals surface area (Å²) in [5.74, 6) is 0.910. The molecule has 0 aromatic heterocycles. The van der Waals surface area contributed by atoms with E-state index < -0.39 is 24.2 Å². The predicted octanol–water partition coefficient (Wildman–Crippen LogP) is 14.2. The summed E-state index contributed by atoms with van der Waals surface area (Å²) >= 11 is 0. The molecule has 68 heavy (non-hydrogen) atoms. The number of amidine groups is 2. The third-order valence-electron chi connectivity index (χ3n) is 14.1. The number of carbonyl (C=O) groups excluding carboxylic acids is 2. The molecule has 0 saturated carbocycles. The van der Waals surface area contributed by atoms with E-state index in [-0.39, 0.29) is 11.8 Å². The van der Waals surface area contributed by atoms with E-state index in [1.807, 2.05) is 88.7 Å². The molecule has 2 aliphatic rings. The molecule has 0 fully saturated rings. The summed E-state index contributed by atoms with van der Waals surface area (Å²) in [5, 5.41) is 0. The number of hydrogen-bond acceptors (Lipinski definition) is 4. The number of amides is 2. The molecule has 7 aromatic carbocycles. The lowest BCUT2D eigenvalue weighted by Crippen LogP contribution is -2.39. The Kier molecular flexibility index (Phi) is 12.3. The van der Waals surface area contributed by atoms with Gasteiger partial charge in [0.1, 0.15) is 23.8 Å². The van der Waals surface area contributed by atoms with Crippen molar-refractivity contribution in [2.45, 2.75) is 107 Å². The summed E-state index contributed by atoms with van der Waals surface area (Å²) in [4.78, 5) is 46.3. The first kappa shape index (κ1) is 46.0. The Hall–Kier alpha value is -7.18. The second kappa shape index (κ2) is 18.1. The van der Waals surface area contributed by atoms with Gasteiger partial charge in [-0.05, 0) is 180 Å². The Bertz CT molecular complexity index is 2910. The Morgan fingerprint density at radius 3 is 0.926 bits per heavy atom. The summed E-state index contributed by atoms with van der Waals surface area (Å²) in [5.41, 5.74) is 20.9. The standard InChI is InChI=1S/C62H62N4O2/c1-35-26-39(5)51(40(6)27-35)55-57(53-43(9)30-37(3)31-44(53)10)65(61(67)47-20-15-13-16-21-47)59(63-55)49-24-19-25-50(34-49)60-64-56(52-41(7)28-36(2)29-42(52)8)58(54-45(11)32-38(4)33-46(54)12)66(60)62(68)48-22-17-14-18-23-48/h13-34,55-58H,1-12H3/t55-,56-,57?,58?/m0/s1. The fourth-order valence-corrected chi connectivity index (χ4v) is 11.8. The normalized spacial score (nSPS) is 17.9. The maximum Gasteiger partial charge on any atom is 0.260 e. The molecule has 2 amide bonds. The minimum atomic E-state index is -0.448. The number of carbonyl (C=O) groups is 2. The van der Waals surface area contributed by atoms with E-state index in [0.717, 1.165) is 77.9 Å². The summed E-state index contributed by atoms with van der Waals surface area (Å²) in [7, 11) is 0. The van der Waals surface area contributed by atoms with Gasteiger partial charge >= 0.3 is 0 Å². The molecule has 0 N–H and O–H groups in total. The van der Waals surface area contributed by atoms with Gasteiger partial charge in [0.2, 0.25) is 0 Å². The van der Waals surface area contributed by atoms with Crippen LogP contribution in [0.15, 0.2) is 143 Å². The number of hydrogen-bond donors (Lipinski definition) is 0. The zero-order chi connectivity index (χ0) is 48.3. The minimum Gasteiger partial charge on any atom is -0.282 e. The average Bonchev–Trinajstić information content (AvgIpc) is 3.85. The van der Waals surface area contributed by atoms with Crippen LogP contribution in [0.4, 0.5) is 0 Å². The highest BCUT2D eigenvalue weighted by Gasteiger charge is 2.47. The van der Waals surface area contributed by atoms with Crippen molar-refractivity contribution in [3.63, 3.8) is 0 Å². The largest absolute Gasteiger partial charge is 0.282 e. The van der Waals surface area contributed by atoms with Crippen molar-refractivity contribution in [3.8, 4) is 0 Å². The van der Waals surface area contributed by atoms with Crippen molar-refractivity contribution in [2.75, 3.05) is 0 Å². The molecule has 0 spiro atoms. The van der Waals surface area contributed by atoms with Crippen LogP contribution in [0.2, 0.25) is 0 Å². The van der Waals surface area contributed by atoms with Gasteiger partial charge in [0.05, 0.1) is 12.1 Å².